The zero-order valence-electron chi connectivity index (χ0n) is 13.7. The Kier molecular flexibility index (Phi) is 5.79. The van der Waals surface area contributed by atoms with Gasteiger partial charge in [0, 0.05) is 11.6 Å². The first-order valence-corrected chi connectivity index (χ1v) is 8.63. The summed E-state index contributed by atoms with van der Waals surface area (Å²) in [7, 11) is 0. The molecule has 2 aromatic carbocycles. The lowest BCUT2D eigenvalue weighted by molar-refractivity contribution is -0.142. The summed E-state index contributed by atoms with van der Waals surface area (Å²) in [5.41, 5.74) is 0. The van der Waals surface area contributed by atoms with E-state index in [-0.39, 0.29) is 0 Å². The van der Waals surface area contributed by atoms with Crippen LogP contribution in [0, 0.1) is 0 Å². The highest BCUT2D eigenvalue weighted by atomic mass is 35.5. The fraction of sp³-hybridized carbons (Fsp3) is 0.316. The van der Waals surface area contributed by atoms with Crippen molar-refractivity contribution in [3.63, 3.8) is 0 Å². The van der Waals surface area contributed by atoms with Crippen LogP contribution in [0.3, 0.4) is 0 Å². The van der Waals surface area contributed by atoms with Crippen molar-refractivity contribution in [3.8, 4) is 17.2 Å². The van der Waals surface area contributed by atoms with Crippen molar-refractivity contribution in [2.45, 2.75) is 18.9 Å². The third-order valence-electron chi connectivity index (χ3n) is 4.16. The molecule has 0 aliphatic carbocycles. The summed E-state index contributed by atoms with van der Waals surface area (Å²) in [5.74, 6) is 1.09. The normalized spacial score (nSPS) is 17.4. The number of para-hydroxylation sites is 2. The lowest BCUT2D eigenvalue weighted by Crippen LogP contribution is -2.38. The summed E-state index contributed by atoms with van der Waals surface area (Å²) in [4.78, 5) is 13.2. The summed E-state index contributed by atoms with van der Waals surface area (Å²) in [6.07, 6.45) is 1.61. The number of likely N-dealkylation sites (tertiary alicyclic amines) is 1. The van der Waals surface area contributed by atoms with Gasteiger partial charge in [0.25, 0.3) is 0 Å². The molecule has 0 spiro atoms. The first-order chi connectivity index (χ1) is 12.1. The summed E-state index contributed by atoms with van der Waals surface area (Å²) in [6, 6.07) is 14.2. The van der Waals surface area contributed by atoms with Crippen LogP contribution in [0.25, 0.3) is 0 Å². The Morgan fingerprint density at radius 1 is 1.20 bits per heavy atom. The number of rotatable bonds is 7. The van der Waals surface area contributed by atoms with Crippen molar-refractivity contribution in [1.82, 2.24) is 4.90 Å². The number of carboxylic acid groups (broad SMARTS) is 1. The monoisotopic (exact) mass is 361 g/mol. The molecule has 1 aliphatic rings. The molecule has 1 fully saturated rings. The topological polar surface area (TPSA) is 59.0 Å². The zero-order valence-corrected chi connectivity index (χ0v) is 14.5. The standard InChI is InChI=1S/C19H20ClNO4/c20-14-5-3-6-15(13-14)25-18-9-2-1-8-17(18)24-12-11-21-10-4-7-16(21)19(22)23/h1-3,5-6,8-9,13,16H,4,7,10-12H2,(H,22,23)/t16-/m0/s1. The second kappa shape index (κ2) is 8.23. The maximum Gasteiger partial charge on any atom is 0.320 e. The molecular formula is C19H20ClNO4. The molecule has 2 aromatic rings. The SMILES string of the molecule is O=C(O)[C@@H]1CCCN1CCOc1ccccc1Oc1cccc(Cl)c1. The zero-order chi connectivity index (χ0) is 17.6. The molecule has 132 valence electrons. The quantitative estimate of drug-likeness (QED) is 0.805. The molecule has 1 heterocycles. The Bertz CT molecular complexity index is 737. The Morgan fingerprint density at radius 2 is 2.00 bits per heavy atom. The van der Waals surface area contributed by atoms with Crippen LogP contribution in [-0.4, -0.2) is 41.7 Å². The third kappa shape index (κ3) is 4.65. The van der Waals surface area contributed by atoms with Crippen LogP contribution in [0.5, 0.6) is 17.2 Å². The minimum absolute atomic E-state index is 0.401. The molecule has 1 aliphatic heterocycles. The molecule has 6 heteroatoms. The van der Waals surface area contributed by atoms with Gasteiger partial charge in [-0.15, -0.1) is 0 Å². The maximum atomic E-state index is 11.2. The van der Waals surface area contributed by atoms with Gasteiger partial charge in [-0.05, 0) is 49.7 Å². The summed E-state index contributed by atoms with van der Waals surface area (Å²) in [6.45, 7) is 1.77. The van der Waals surface area contributed by atoms with Gasteiger partial charge in [-0.1, -0.05) is 29.8 Å². The van der Waals surface area contributed by atoms with Crippen molar-refractivity contribution in [3.05, 3.63) is 53.6 Å². The molecule has 1 N–H and O–H groups in total. The molecule has 0 radical (unpaired) electrons. The molecule has 0 aromatic heterocycles. The number of hydrogen-bond acceptors (Lipinski definition) is 4. The van der Waals surface area contributed by atoms with E-state index >= 15 is 0 Å². The molecule has 25 heavy (non-hydrogen) atoms. The minimum Gasteiger partial charge on any atom is -0.488 e. The number of ether oxygens (including phenoxy) is 2. The van der Waals surface area contributed by atoms with Gasteiger partial charge in [0.05, 0.1) is 0 Å². The van der Waals surface area contributed by atoms with E-state index in [0.29, 0.717) is 41.8 Å². The molecule has 1 atom stereocenters. The highest BCUT2D eigenvalue weighted by molar-refractivity contribution is 6.30. The number of carbonyl (C=O) groups is 1. The van der Waals surface area contributed by atoms with Crippen molar-refractivity contribution in [2.24, 2.45) is 0 Å². The molecule has 0 bridgehead atoms. The first kappa shape index (κ1) is 17.6. The molecule has 0 saturated carbocycles. The summed E-state index contributed by atoms with van der Waals surface area (Å²) >= 11 is 5.98. The van der Waals surface area contributed by atoms with Gasteiger partial charge in [-0.3, -0.25) is 9.69 Å². The van der Waals surface area contributed by atoms with Crippen molar-refractivity contribution >= 4 is 17.6 Å². The number of nitrogens with zero attached hydrogens (tertiary/aromatic N) is 1. The van der Waals surface area contributed by atoms with Gasteiger partial charge in [0.1, 0.15) is 18.4 Å². The average Bonchev–Trinajstić information content (AvgIpc) is 3.05. The van der Waals surface area contributed by atoms with Crippen LogP contribution in [0.1, 0.15) is 12.8 Å². The lowest BCUT2D eigenvalue weighted by Gasteiger charge is -2.21. The van der Waals surface area contributed by atoms with E-state index in [1.807, 2.05) is 41.3 Å². The Balaban J connectivity index is 1.60. The molecule has 1 saturated heterocycles. The van der Waals surface area contributed by atoms with Crippen LogP contribution in [0.2, 0.25) is 5.02 Å². The predicted octanol–water partition coefficient (Wildman–Crippen LogP) is 4.06. The van der Waals surface area contributed by atoms with Crippen LogP contribution < -0.4 is 9.47 Å². The van der Waals surface area contributed by atoms with Gasteiger partial charge in [-0.2, -0.15) is 0 Å². The van der Waals surface area contributed by atoms with E-state index in [2.05, 4.69) is 0 Å². The van der Waals surface area contributed by atoms with Gasteiger partial charge in [-0.25, -0.2) is 0 Å². The Hall–Kier alpha value is -2.24. The van der Waals surface area contributed by atoms with Crippen LogP contribution >= 0.6 is 11.6 Å². The van der Waals surface area contributed by atoms with E-state index in [1.165, 1.54) is 0 Å². The third-order valence-corrected chi connectivity index (χ3v) is 4.39. The highest BCUT2D eigenvalue weighted by Gasteiger charge is 2.29. The van der Waals surface area contributed by atoms with E-state index in [9.17, 15) is 9.90 Å². The average molecular weight is 362 g/mol. The van der Waals surface area contributed by atoms with Crippen molar-refractivity contribution in [1.29, 1.82) is 0 Å². The fourth-order valence-electron chi connectivity index (χ4n) is 2.96. The summed E-state index contributed by atoms with van der Waals surface area (Å²) < 4.78 is 11.7. The maximum absolute atomic E-state index is 11.2. The fourth-order valence-corrected chi connectivity index (χ4v) is 3.14. The minimum atomic E-state index is -0.762. The van der Waals surface area contributed by atoms with E-state index < -0.39 is 12.0 Å². The van der Waals surface area contributed by atoms with E-state index in [4.69, 9.17) is 21.1 Å². The Labute approximate surface area is 151 Å². The van der Waals surface area contributed by atoms with Gasteiger partial charge < -0.3 is 14.6 Å². The molecule has 0 amide bonds. The van der Waals surface area contributed by atoms with Crippen LogP contribution in [-0.2, 0) is 4.79 Å². The molecular weight excluding hydrogens is 342 g/mol. The largest absolute Gasteiger partial charge is 0.488 e. The molecule has 5 nitrogen and oxygen atoms in total. The van der Waals surface area contributed by atoms with Crippen molar-refractivity contribution < 1.29 is 19.4 Å². The highest BCUT2D eigenvalue weighted by Crippen LogP contribution is 2.32. The van der Waals surface area contributed by atoms with Crippen molar-refractivity contribution in [2.75, 3.05) is 19.7 Å². The first-order valence-electron chi connectivity index (χ1n) is 8.25. The Morgan fingerprint density at radius 3 is 2.76 bits per heavy atom. The van der Waals surface area contributed by atoms with E-state index in [1.54, 1.807) is 12.1 Å². The number of aliphatic carboxylic acids is 1. The second-order valence-electron chi connectivity index (χ2n) is 5.89. The smallest absolute Gasteiger partial charge is 0.320 e. The van der Waals surface area contributed by atoms with Gasteiger partial charge >= 0.3 is 5.97 Å². The van der Waals surface area contributed by atoms with Crippen LogP contribution in [0.15, 0.2) is 48.5 Å². The van der Waals surface area contributed by atoms with Crippen LogP contribution in [0.4, 0.5) is 0 Å². The number of carboxylic acids is 1. The lowest BCUT2D eigenvalue weighted by atomic mass is 10.2. The molecule has 3 rings (SSSR count). The number of benzene rings is 2. The number of hydrogen-bond donors (Lipinski definition) is 1. The van der Waals surface area contributed by atoms with E-state index in [0.717, 1.165) is 13.0 Å². The summed E-state index contributed by atoms with van der Waals surface area (Å²) in [5, 5.41) is 9.82. The number of halogens is 1. The molecule has 0 unspecified atom stereocenters. The second-order valence-corrected chi connectivity index (χ2v) is 6.32. The van der Waals surface area contributed by atoms with Gasteiger partial charge in [0.15, 0.2) is 11.5 Å². The predicted molar refractivity (Wildman–Crippen MR) is 95.7 cm³/mol. The van der Waals surface area contributed by atoms with Gasteiger partial charge in [0.2, 0.25) is 0 Å².